The lowest BCUT2D eigenvalue weighted by atomic mass is 10.1. The molecule has 2 amide bonds. The fourth-order valence-electron chi connectivity index (χ4n) is 3.41. The Kier molecular flexibility index (Phi) is 8.25. The van der Waals surface area contributed by atoms with Crippen molar-refractivity contribution < 1.29 is 32.2 Å². The molecule has 1 N–H and O–H groups in total. The molecule has 9 heteroatoms. The van der Waals surface area contributed by atoms with E-state index in [0.717, 1.165) is 11.6 Å². The van der Waals surface area contributed by atoms with E-state index in [4.69, 9.17) is 14.2 Å². The molecule has 0 heterocycles. The number of carbonyl (C=O) groups excluding carboxylic acids is 1. The van der Waals surface area contributed by atoms with Crippen molar-refractivity contribution in [3.05, 3.63) is 83.9 Å². The number of hydrogen-bond donors (Lipinski definition) is 1. The van der Waals surface area contributed by atoms with E-state index < -0.39 is 17.8 Å². The standard InChI is InChI=1S/C26H25F3N2O4/c1-33-19-14-15-22(24(17-19)35-3)31(16-8-10-18-9-4-7-13-23(18)34-2)25(32)30-21-12-6-5-11-20(21)26(27,28)29/h4-15,17H,16H2,1-3H3,(H,30,32)/b10-8+. The second kappa shape index (κ2) is 11.3. The first-order valence-corrected chi connectivity index (χ1v) is 10.5. The van der Waals surface area contributed by atoms with Crippen LogP contribution < -0.4 is 24.4 Å². The third-order valence-corrected chi connectivity index (χ3v) is 5.12. The van der Waals surface area contributed by atoms with Gasteiger partial charge in [-0.1, -0.05) is 42.5 Å². The quantitative estimate of drug-likeness (QED) is 0.396. The van der Waals surface area contributed by atoms with Crippen molar-refractivity contribution in [2.24, 2.45) is 0 Å². The molecule has 184 valence electrons. The molecular formula is C26H25F3N2O4. The predicted molar refractivity (Wildman–Crippen MR) is 129 cm³/mol. The number of urea groups is 1. The highest BCUT2D eigenvalue weighted by atomic mass is 19.4. The van der Waals surface area contributed by atoms with Crippen molar-refractivity contribution in [1.82, 2.24) is 0 Å². The lowest BCUT2D eigenvalue weighted by Crippen LogP contribution is -2.36. The largest absolute Gasteiger partial charge is 0.497 e. The summed E-state index contributed by atoms with van der Waals surface area (Å²) in [5, 5.41) is 2.39. The number of amides is 2. The van der Waals surface area contributed by atoms with Crippen LogP contribution >= 0.6 is 0 Å². The third kappa shape index (κ3) is 6.26. The van der Waals surface area contributed by atoms with Gasteiger partial charge in [0.15, 0.2) is 0 Å². The molecule has 3 aromatic rings. The molecule has 0 aliphatic carbocycles. The number of para-hydroxylation sites is 2. The van der Waals surface area contributed by atoms with Crippen LogP contribution in [0.3, 0.4) is 0 Å². The Balaban J connectivity index is 1.97. The van der Waals surface area contributed by atoms with Crippen LogP contribution in [0.4, 0.5) is 29.3 Å². The van der Waals surface area contributed by atoms with E-state index in [1.54, 1.807) is 43.5 Å². The Morgan fingerprint density at radius 3 is 2.29 bits per heavy atom. The zero-order valence-electron chi connectivity index (χ0n) is 19.4. The van der Waals surface area contributed by atoms with Crippen molar-refractivity contribution in [2.45, 2.75) is 6.18 Å². The lowest BCUT2D eigenvalue weighted by molar-refractivity contribution is -0.136. The number of hydrogen-bond acceptors (Lipinski definition) is 4. The van der Waals surface area contributed by atoms with Gasteiger partial charge in [0, 0.05) is 18.2 Å². The van der Waals surface area contributed by atoms with Gasteiger partial charge in [0.2, 0.25) is 0 Å². The van der Waals surface area contributed by atoms with E-state index in [2.05, 4.69) is 5.32 Å². The van der Waals surface area contributed by atoms with E-state index >= 15 is 0 Å². The second-order valence-electron chi connectivity index (χ2n) is 7.27. The van der Waals surface area contributed by atoms with Crippen molar-refractivity contribution >= 4 is 23.5 Å². The van der Waals surface area contributed by atoms with Crippen molar-refractivity contribution in [3.63, 3.8) is 0 Å². The van der Waals surface area contributed by atoms with Gasteiger partial charge in [-0.2, -0.15) is 13.2 Å². The number of ether oxygens (including phenoxy) is 3. The van der Waals surface area contributed by atoms with E-state index in [9.17, 15) is 18.0 Å². The lowest BCUT2D eigenvalue weighted by Gasteiger charge is -2.25. The molecule has 0 fully saturated rings. The van der Waals surface area contributed by atoms with Crippen molar-refractivity contribution in [3.8, 4) is 17.2 Å². The molecule has 0 bridgehead atoms. The first-order chi connectivity index (χ1) is 16.8. The van der Waals surface area contributed by atoms with Gasteiger partial charge >= 0.3 is 12.2 Å². The van der Waals surface area contributed by atoms with Gasteiger partial charge in [0.05, 0.1) is 38.3 Å². The molecule has 3 rings (SSSR count). The summed E-state index contributed by atoms with van der Waals surface area (Å²) < 4.78 is 56.4. The van der Waals surface area contributed by atoms with Gasteiger partial charge in [0.25, 0.3) is 0 Å². The first-order valence-electron chi connectivity index (χ1n) is 10.5. The molecule has 6 nitrogen and oxygen atoms in total. The summed E-state index contributed by atoms with van der Waals surface area (Å²) in [6, 6.07) is 16.2. The molecule has 0 spiro atoms. The molecule has 0 atom stereocenters. The summed E-state index contributed by atoms with van der Waals surface area (Å²) in [6.45, 7) is 0.0285. The van der Waals surface area contributed by atoms with Crippen molar-refractivity contribution in [2.75, 3.05) is 38.1 Å². The Hall–Kier alpha value is -4.14. The number of benzene rings is 3. The smallest absolute Gasteiger partial charge is 0.418 e. The van der Waals surface area contributed by atoms with Gasteiger partial charge in [-0.3, -0.25) is 4.90 Å². The second-order valence-corrected chi connectivity index (χ2v) is 7.27. The SMILES string of the molecule is COc1ccc(N(C/C=C/c2ccccc2OC)C(=O)Nc2ccccc2C(F)(F)F)c(OC)c1. The number of methoxy groups -OCH3 is 3. The molecule has 3 aromatic carbocycles. The molecule has 0 unspecified atom stereocenters. The molecule has 0 radical (unpaired) electrons. The minimum atomic E-state index is -4.63. The molecule has 35 heavy (non-hydrogen) atoms. The van der Waals surface area contributed by atoms with Crippen LogP contribution in [0.5, 0.6) is 17.2 Å². The number of carbonyl (C=O) groups is 1. The summed E-state index contributed by atoms with van der Waals surface area (Å²) in [6.07, 6.45) is -1.16. The molecule has 0 aliphatic heterocycles. The summed E-state index contributed by atoms with van der Waals surface area (Å²) >= 11 is 0. The fourth-order valence-corrected chi connectivity index (χ4v) is 3.41. The number of alkyl halides is 3. The number of nitrogens with one attached hydrogen (secondary N) is 1. The van der Waals surface area contributed by atoms with Crippen LogP contribution in [-0.4, -0.2) is 33.9 Å². The minimum absolute atomic E-state index is 0.0285. The highest BCUT2D eigenvalue weighted by molar-refractivity contribution is 6.03. The molecule has 0 saturated heterocycles. The zero-order chi connectivity index (χ0) is 25.4. The zero-order valence-corrected chi connectivity index (χ0v) is 19.4. The summed E-state index contributed by atoms with van der Waals surface area (Å²) in [5.41, 5.74) is -0.171. The van der Waals surface area contributed by atoms with E-state index in [1.807, 2.05) is 18.2 Å². The minimum Gasteiger partial charge on any atom is -0.497 e. The van der Waals surface area contributed by atoms with Crippen molar-refractivity contribution in [1.29, 1.82) is 0 Å². The Labute approximate surface area is 201 Å². The number of halogens is 3. The van der Waals surface area contributed by atoms with Crippen LogP contribution in [0.15, 0.2) is 72.8 Å². The maximum absolute atomic E-state index is 13.5. The van der Waals surface area contributed by atoms with Gasteiger partial charge in [-0.25, -0.2) is 4.79 Å². The van der Waals surface area contributed by atoms with Crippen LogP contribution in [0, 0.1) is 0 Å². The molecule has 0 aromatic heterocycles. The number of rotatable bonds is 8. The maximum atomic E-state index is 13.5. The Morgan fingerprint density at radius 1 is 0.914 bits per heavy atom. The van der Waals surface area contributed by atoms with E-state index in [0.29, 0.717) is 22.9 Å². The van der Waals surface area contributed by atoms with Crippen LogP contribution in [-0.2, 0) is 6.18 Å². The van der Waals surface area contributed by atoms with Gasteiger partial charge in [0.1, 0.15) is 17.2 Å². The Bertz CT molecular complexity index is 1200. The van der Waals surface area contributed by atoms with Gasteiger partial charge < -0.3 is 19.5 Å². The maximum Gasteiger partial charge on any atom is 0.418 e. The molecular weight excluding hydrogens is 461 g/mol. The Morgan fingerprint density at radius 2 is 1.60 bits per heavy atom. The fraction of sp³-hybridized carbons (Fsp3) is 0.192. The first kappa shape index (κ1) is 25.5. The normalized spacial score (nSPS) is 11.3. The van der Waals surface area contributed by atoms with Crippen LogP contribution in [0.25, 0.3) is 6.08 Å². The highest BCUT2D eigenvalue weighted by Gasteiger charge is 2.34. The van der Waals surface area contributed by atoms with E-state index in [-0.39, 0.29) is 12.2 Å². The average Bonchev–Trinajstić information content (AvgIpc) is 2.86. The number of anilines is 2. The van der Waals surface area contributed by atoms with Gasteiger partial charge in [-0.05, 0) is 30.3 Å². The van der Waals surface area contributed by atoms with E-state index in [1.165, 1.54) is 37.3 Å². The molecule has 0 aliphatic rings. The molecule has 0 saturated carbocycles. The number of nitrogens with zero attached hydrogens (tertiary/aromatic N) is 1. The summed E-state index contributed by atoms with van der Waals surface area (Å²) in [4.78, 5) is 14.6. The average molecular weight is 486 g/mol. The van der Waals surface area contributed by atoms with Gasteiger partial charge in [-0.15, -0.1) is 0 Å². The monoisotopic (exact) mass is 486 g/mol. The van der Waals surface area contributed by atoms with Crippen LogP contribution in [0.1, 0.15) is 11.1 Å². The topological polar surface area (TPSA) is 60.0 Å². The summed E-state index contributed by atoms with van der Waals surface area (Å²) in [7, 11) is 4.47. The van der Waals surface area contributed by atoms with Crippen LogP contribution in [0.2, 0.25) is 0 Å². The predicted octanol–water partition coefficient (Wildman–Crippen LogP) is 6.48. The summed E-state index contributed by atoms with van der Waals surface area (Å²) in [5.74, 6) is 1.45. The highest BCUT2D eigenvalue weighted by Crippen LogP contribution is 2.36. The third-order valence-electron chi connectivity index (χ3n) is 5.12.